The van der Waals surface area contributed by atoms with E-state index in [-0.39, 0.29) is 17.0 Å². The van der Waals surface area contributed by atoms with Gasteiger partial charge < -0.3 is 17.0 Å². The molecule has 0 saturated carbocycles. The predicted octanol–water partition coefficient (Wildman–Crippen LogP) is 3.38. The molecular formula is C23H37BrN2. The van der Waals surface area contributed by atoms with Crippen LogP contribution in [0, 0.1) is 0 Å². The minimum Gasteiger partial charge on any atom is -1.00 e. The molecule has 0 saturated heterocycles. The molecule has 0 radical (unpaired) electrons. The summed E-state index contributed by atoms with van der Waals surface area (Å²) in [6, 6.07) is 0. The summed E-state index contributed by atoms with van der Waals surface area (Å²) in [6.45, 7) is 11.1. The maximum atomic E-state index is 2.41. The summed E-state index contributed by atoms with van der Waals surface area (Å²) in [7, 11) is 2.05. The molecule has 0 aliphatic heterocycles. The second-order valence-electron chi connectivity index (χ2n) is 7.50. The first-order valence-electron chi connectivity index (χ1n) is 9.51. The third-order valence-electron chi connectivity index (χ3n) is 4.31. The Balaban J connectivity index is 0.00000625. The fraction of sp³-hybridized carbons (Fsp3) is 0.522. The molecule has 26 heavy (non-hydrogen) atoms. The largest absolute Gasteiger partial charge is 1.00 e. The Morgan fingerprint density at radius 2 is 1.31 bits per heavy atom. The van der Waals surface area contributed by atoms with Crippen LogP contribution < -0.4 is 21.5 Å². The zero-order valence-electron chi connectivity index (χ0n) is 17.6. The van der Waals surface area contributed by atoms with Crippen LogP contribution in [0.5, 0.6) is 0 Å². The molecule has 0 fully saturated rings. The molecule has 0 spiro atoms. The van der Waals surface area contributed by atoms with Crippen LogP contribution in [0.4, 0.5) is 0 Å². The van der Waals surface area contributed by atoms with Crippen molar-refractivity contribution in [1.29, 1.82) is 0 Å². The van der Waals surface area contributed by atoms with E-state index in [2.05, 4.69) is 86.9 Å². The molecule has 3 heteroatoms. The van der Waals surface area contributed by atoms with Crippen molar-refractivity contribution in [2.75, 3.05) is 0 Å². The lowest BCUT2D eigenvalue weighted by atomic mass is 10.0. The van der Waals surface area contributed by atoms with Crippen molar-refractivity contribution in [3.05, 3.63) is 59.2 Å². The first kappa shape index (κ1) is 24.7. The van der Waals surface area contributed by atoms with Crippen LogP contribution >= 0.6 is 0 Å². The van der Waals surface area contributed by atoms with Crippen LogP contribution in [-0.4, -0.2) is 4.57 Å². The Bertz CT molecular complexity index is 641. The van der Waals surface area contributed by atoms with Crippen LogP contribution in [0.3, 0.4) is 0 Å². The van der Waals surface area contributed by atoms with E-state index in [1.165, 1.54) is 41.6 Å². The van der Waals surface area contributed by atoms with Crippen molar-refractivity contribution in [2.24, 2.45) is 7.05 Å². The van der Waals surface area contributed by atoms with Gasteiger partial charge in [-0.3, -0.25) is 0 Å². The molecule has 0 aliphatic rings. The van der Waals surface area contributed by atoms with E-state index in [0.29, 0.717) is 0 Å². The molecule has 1 aromatic rings. The number of rotatable bonds is 10. The van der Waals surface area contributed by atoms with Crippen molar-refractivity contribution < 1.29 is 21.5 Å². The molecular weight excluding hydrogens is 384 g/mol. The number of allylic oxidation sites excluding steroid dienone is 7. The van der Waals surface area contributed by atoms with Gasteiger partial charge in [-0.15, -0.1) is 0 Å². The topological polar surface area (TPSA) is 8.81 Å². The van der Waals surface area contributed by atoms with Gasteiger partial charge in [-0.2, -0.15) is 0 Å². The number of hydrogen-bond acceptors (Lipinski definition) is 0. The summed E-state index contributed by atoms with van der Waals surface area (Å²) in [5, 5.41) is 0. The highest BCUT2D eigenvalue weighted by Crippen LogP contribution is 2.13. The summed E-state index contributed by atoms with van der Waals surface area (Å²) >= 11 is 0. The summed E-state index contributed by atoms with van der Waals surface area (Å²) in [5.41, 5.74) is 5.86. The van der Waals surface area contributed by atoms with Gasteiger partial charge in [0.2, 0.25) is 6.33 Å². The summed E-state index contributed by atoms with van der Waals surface area (Å²) < 4.78 is 4.18. The average molecular weight is 421 g/mol. The normalized spacial score (nSPS) is 12.8. The maximum Gasteiger partial charge on any atom is 0.248 e. The zero-order chi connectivity index (χ0) is 18.7. The molecule has 1 heterocycles. The van der Waals surface area contributed by atoms with Crippen LogP contribution in [-0.2, 0) is 7.05 Å². The van der Waals surface area contributed by atoms with Crippen LogP contribution in [0.1, 0.15) is 73.1 Å². The second kappa shape index (κ2) is 13.8. The first-order chi connectivity index (χ1) is 11.9. The predicted molar refractivity (Wildman–Crippen MR) is 110 cm³/mol. The van der Waals surface area contributed by atoms with E-state index >= 15 is 0 Å². The number of aryl methyl sites for hydroxylation is 1. The quantitative estimate of drug-likeness (QED) is 0.405. The number of hydrogen-bond donors (Lipinski definition) is 0. The molecule has 146 valence electrons. The lowest BCUT2D eigenvalue weighted by Crippen LogP contribution is -3.00. The highest BCUT2D eigenvalue weighted by Gasteiger charge is 1.98. The SMILES string of the molecule is CC(C)=CCC/C(C)=C/CC/C(C)=C/CC/C(C)=C/n1cc[n+](C)c1.[Br-]. The van der Waals surface area contributed by atoms with Gasteiger partial charge in [0.1, 0.15) is 12.4 Å². The molecule has 0 N–H and O–H groups in total. The van der Waals surface area contributed by atoms with Crippen molar-refractivity contribution >= 4 is 6.20 Å². The van der Waals surface area contributed by atoms with Gasteiger partial charge in [-0.1, -0.05) is 34.9 Å². The zero-order valence-corrected chi connectivity index (χ0v) is 19.1. The van der Waals surface area contributed by atoms with Gasteiger partial charge in [0.25, 0.3) is 0 Å². The molecule has 0 bridgehead atoms. The summed E-state index contributed by atoms with van der Waals surface area (Å²) in [5.74, 6) is 0. The third kappa shape index (κ3) is 12.1. The standard InChI is InChI=1S/C23H37N2.BrH/c1-20(2)10-7-11-21(3)12-8-13-22(4)14-9-15-23(5)18-25-17-16-24(6)19-25;/h10,12,14,16-19H,7-9,11,13,15H2,1-6H3;1H/q+1;/p-1/b21-12+,22-14+,23-18+;. The number of nitrogens with zero attached hydrogens (tertiary/aromatic N) is 2. The van der Waals surface area contributed by atoms with E-state index < -0.39 is 0 Å². The van der Waals surface area contributed by atoms with E-state index in [1.54, 1.807) is 0 Å². The lowest BCUT2D eigenvalue weighted by Gasteiger charge is -2.02. The van der Waals surface area contributed by atoms with E-state index in [4.69, 9.17) is 0 Å². The van der Waals surface area contributed by atoms with Crippen LogP contribution in [0.2, 0.25) is 0 Å². The lowest BCUT2D eigenvalue weighted by molar-refractivity contribution is -0.670. The molecule has 2 nitrogen and oxygen atoms in total. The van der Waals surface area contributed by atoms with Gasteiger partial charge in [-0.05, 0) is 78.7 Å². The molecule has 0 aliphatic carbocycles. The molecule has 1 aromatic heterocycles. The summed E-state index contributed by atoms with van der Waals surface area (Å²) in [6.07, 6.45) is 22.5. The average Bonchev–Trinajstić information content (AvgIpc) is 2.91. The highest BCUT2D eigenvalue weighted by atomic mass is 79.9. The van der Waals surface area contributed by atoms with Gasteiger partial charge in [-0.25, -0.2) is 9.13 Å². The van der Waals surface area contributed by atoms with E-state index in [1.807, 2.05) is 7.05 Å². The van der Waals surface area contributed by atoms with Crippen molar-refractivity contribution in [3.63, 3.8) is 0 Å². The number of imidazole rings is 1. The minimum atomic E-state index is 0. The smallest absolute Gasteiger partial charge is 0.248 e. The minimum absolute atomic E-state index is 0. The monoisotopic (exact) mass is 420 g/mol. The molecule has 0 atom stereocenters. The van der Waals surface area contributed by atoms with Crippen LogP contribution in [0.25, 0.3) is 6.20 Å². The Morgan fingerprint density at radius 3 is 1.77 bits per heavy atom. The van der Waals surface area contributed by atoms with Crippen molar-refractivity contribution in [3.8, 4) is 0 Å². The Kier molecular flexibility index (Phi) is 13.1. The summed E-state index contributed by atoms with van der Waals surface area (Å²) in [4.78, 5) is 0. The fourth-order valence-corrected chi connectivity index (χ4v) is 2.75. The maximum absolute atomic E-state index is 2.41. The van der Waals surface area contributed by atoms with Crippen molar-refractivity contribution in [1.82, 2.24) is 4.57 Å². The van der Waals surface area contributed by atoms with Crippen LogP contribution in [0.15, 0.2) is 59.2 Å². The van der Waals surface area contributed by atoms with Gasteiger partial charge in [0, 0.05) is 0 Å². The molecule has 0 aromatic carbocycles. The second-order valence-corrected chi connectivity index (χ2v) is 7.50. The Morgan fingerprint density at radius 1 is 0.808 bits per heavy atom. The number of aromatic nitrogens is 2. The van der Waals surface area contributed by atoms with E-state index in [9.17, 15) is 0 Å². The van der Waals surface area contributed by atoms with E-state index in [0.717, 1.165) is 19.3 Å². The highest BCUT2D eigenvalue weighted by molar-refractivity contribution is 5.28. The van der Waals surface area contributed by atoms with Gasteiger partial charge in [0.15, 0.2) is 0 Å². The molecule has 1 rings (SSSR count). The van der Waals surface area contributed by atoms with Gasteiger partial charge in [0.05, 0.1) is 13.2 Å². The fourth-order valence-electron chi connectivity index (χ4n) is 2.75. The first-order valence-corrected chi connectivity index (χ1v) is 9.51. The van der Waals surface area contributed by atoms with Gasteiger partial charge >= 0.3 is 0 Å². The molecule has 0 unspecified atom stereocenters. The molecule has 0 amide bonds. The Hall–Kier alpha value is -1.35. The Labute approximate surface area is 171 Å². The number of halogens is 1. The van der Waals surface area contributed by atoms with Crippen molar-refractivity contribution in [2.45, 2.75) is 73.1 Å². The third-order valence-corrected chi connectivity index (χ3v) is 4.31.